The van der Waals surface area contributed by atoms with Gasteiger partial charge in [0.15, 0.2) is 5.13 Å². The van der Waals surface area contributed by atoms with Crippen molar-refractivity contribution in [3.8, 4) is 17.0 Å². The van der Waals surface area contributed by atoms with Gasteiger partial charge in [0.25, 0.3) is 11.8 Å². The Bertz CT molecular complexity index is 1400. The summed E-state index contributed by atoms with van der Waals surface area (Å²) in [6, 6.07) is 24.0. The van der Waals surface area contributed by atoms with E-state index < -0.39 is 29.5 Å². The fraction of sp³-hybridized carbons (Fsp3) is 0.179. The van der Waals surface area contributed by atoms with Crippen LogP contribution in [0.25, 0.3) is 11.3 Å². The van der Waals surface area contributed by atoms with Crippen LogP contribution in [-0.4, -0.2) is 28.7 Å². The molecule has 4 rings (SSSR count). The number of alkyl halides is 3. The summed E-state index contributed by atoms with van der Waals surface area (Å²) in [6.45, 7) is 3.05. The smallest absolute Gasteiger partial charge is 0.406 e. The molecule has 4 aromatic rings. The molecule has 10 heteroatoms. The first-order valence-corrected chi connectivity index (χ1v) is 12.4. The van der Waals surface area contributed by atoms with Crippen LogP contribution < -0.4 is 15.4 Å². The molecule has 0 aliphatic heterocycles. The van der Waals surface area contributed by atoms with Gasteiger partial charge in [0, 0.05) is 22.4 Å². The average Bonchev–Trinajstić information content (AvgIpc) is 3.26. The van der Waals surface area contributed by atoms with Gasteiger partial charge in [-0.15, -0.1) is 24.5 Å². The van der Waals surface area contributed by atoms with Gasteiger partial charge in [-0.25, -0.2) is 4.98 Å². The lowest BCUT2D eigenvalue weighted by atomic mass is 10.0. The van der Waals surface area contributed by atoms with E-state index in [-0.39, 0.29) is 5.56 Å². The number of ether oxygens (including phenoxy) is 1. The van der Waals surface area contributed by atoms with Gasteiger partial charge >= 0.3 is 6.36 Å². The number of nitrogens with zero attached hydrogens (tertiary/aromatic N) is 1. The third-order valence-electron chi connectivity index (χ3n) is 5.52. The van der Waals surface area contributed by atoms with Crippen LogP contribution in [0.1, 0.15) is 34.6 Å². The molecular formula is C28H24F3N3O3S. The predicted octanol–water partition coefficient (Wildman–Crippen LogP) is 6.45. The van der Waals surface area contributed by atoms with Crippen molar-refractivity contribution in [2.75, 3.05) is 5.32 Å². The van der Waals surface area contributed by atoms with Gasteiger partial charge in [0.05, 0.1) is 5.69 Å². The molecule has 196 valence electrons. The summed E-state index contributed by atoms with van der Waals surface area (Å²) in [6.07, 6.45) is -4.20. The van der Waals surface area contributed by atoms with E-state index in [1.54, 1.807) is 0 Å². The Morgan fingerprint density at radius 2 is 1.50 bits per heavy atom. The van der Waals surface area contributed by atoms with Crippen LogP contribution in [0.2, 0.25) is 0 Å². The number of hydrogen-bond acceptors (Lipinski definition) is 5. The Morgan fingerprint density at radius 1 is 0.895 bits per heavy atom. The van der Waals surface area contributed by atoms with Crippen molar-refractivity contribution in [3.63, 3.8) is 0 Å². The highest BCUT2D eigenvalue weighted by molar-refractivity contribution is 7.16. The van der Waals surface area contributed by atoms with Crippen LogP contribution >= 0.6 is 11.3 Å². The van der Waals surface area contributed by atoms with Gasteiger partial charge in [0.1, 0.15) is 11.3 Å². The van der Waals surface area contributed by atoms with E-state index in [1.807, 2.05) is 60.7 Å². The fourth-order valence-corrected chi connectivity index (χ4v) is 4.62. The molecule has 0 saturated carbocycles. The monoisotopic (exact) mass is 539 g/mol. The van der Waals surface area contributed by atoms with Crippen molar-refractivity contribution >= 4 is 28.3 Å². The lowest BCUT2D eigenvalue weighted by Gasteiger charge is -2.24. The molecule has 0 aliphatic carbocycles. The van der Waals surface area contributed by atoms with Crippen LogP contribution in [0.15, 0.2) is 84.9 Å². The highest BCUT2D eigenvalue weighted by Gasteiger charge is 2.32. The molecule has 6 nitrogen and oxygen atoms in total. The lowest BCUT2D eigenvalue weighted by molar-refractivity contribution is -0.274. The largest absolute Gasteiger partial charge is 0.573 e. The van der Waals surface area contributed by atoms with E-state index in [2.05, 4.69) is 20.4 Å². The van der Waals surface area contributed by atoms with Gasteiger partial charge in [-0.2, -0.15) is 0 Å². The predicted molar refractivity (Wildman–Crippen MR) is 140 cm³/mol. The molecule has 1 aromatic heterocycles. The summed E-state index contributed by atoms with van der Waals surface area (Å²) in [5, 5.41) is 5.80. The SMILES string of the molecule is CC(C)(NC(=O)c1ccc(OC(F)(F)F)cc1)C(=O)Nc1nc(-c2ccccc2)c(Cc2ccccc2)s1. The minimum Gasteiger partial charge on any atom is -0.406 e. The Balaban J connectivity index is 1.48. The van der Waals surface area contributed by atoms with E-state index in [9.17, 15) is 22.8 Å². The maximum atomic E-state index is 13.1. The molecule has 2 amide bonds. The van der Waals surface area contributed by atoms with E-state index in [4.69, 9.17) is 0 Å². The number of benzene rings is 3. The van der Waals surface area contributed by atoms with E-state index in [0.29, 0.717) is 11.6 Å². The Kier molecular flexibility index (Phi) is 7.82. The summed E-state index contributed by atoms with van der Waals surface area (Å²) in [7, 11) is 0. The van der Waals surface area contributed by atoms with Crippen molar-refractivity contribution in [3.05, 3.63) is 101 Å². The number of anilines is 1. The number of thiazole rings is 1. The number of halogens is 3. The zero-order valence-corrected chi connectivity index (χ0v) is 21.3. The van der Waals surface area contributed by atoms with Crippen LogP contribution in [0.3, 0.4) is 0 Å². The fourth-order valence-electron chi connectivity index (χ4n) is 3.60. The molecule has 38 heavy (non-hydrogen) atoms. The van der Waals surface area contributed by atoms with Crippen LogP contribution in [0, 0.1) is 0 Å². The quantitative estimate of drug-likeness (QED) is 0.270. The number of aromatic nitrogens is 1. The standard InChI is InChI=1S/C28H24F3N3O3S/c1-27(2,34-24(35)20-13-15-21(16-14-20)37-28(29,30)31)25(36)33-26-32-23(19-11-7-4-8-12-19)22(38-26)17-18-9-5-3-6-10-18/h3-16H,17H2,1-2H3,(H,34,35)(H,32,33,36). The molecule has 0 radical (unpaired) electrons. The van der Waals surface area contributed by atoms with E-state index in [1.165, 1.54) is 37.3 Å². The number of nitrogens with one attached hydrogen (secondary N) is 2. The second-order valence-electron chi connectivity index (χ2n) is 8.92. The number of amides is 2. The van der Waals surface area contributed by atoms with Crippen LogP contribution in [0.4, 0.5) is 18.3 Å². The summed E-state index contributed by atoms with van der Waals surface area (Å²) < 4.78 is 40.9. The first-order chi connectivity index (χ1) is 18.0. The van der Waals surface area contributed by atoms with Gasteiger partial charge in [-0.05, 0) is 43.7 Å². The molecule has 0 aliphatic rings. The Hall–Kier alpha value is -4.18. The summed E-state index contributed by atoms with van der Waals surface area (Å²) in [5.74, 6) is -1.57. The molecule has 0 saturated heterocycles. The molecule has 0 bridgehead atoms. The normalized spacial score (nSPS) is 11.6. The molecule has 2 N–H and O–H groups in total. The molecule has 0 atom stereocenters. The van der Waals surface area contributed by atoms with Gasteiger partial charge in [-0.1, -0.05) is 60.7 Å². The highest BCUT2D eigenvalue weighted by Crippen LogP contribution is 2.33. The van der Waals surface area contributed by atoms with Crippen molar-refractivity contribution in [2.24, 2.45) is 0 Å². The van der Waals surface area contributed by atoms with Gasteiger partial charge in [0.2, 0.25) is 0 Å². The Morgan fingerprint density at radius 3 is 2.11 bits per heavy atom. The van der Waals surface area contributed by atoms with Gasteiger partial charge in [-0.3, -0.25) is 14.9 Å². The zero-order valence-electron chi connectivity index (χ0n) is 20.5. The summed E-state index contributed by atoms with van der Waals surface area (Å²) in [5.41, 5.74) is 1.51. The van der Waals surface area contributed by atoms with Crippen LogP contribution in [0.5, 0.6) is 5.75 Å². The molecule has 1 heterocycles. The lowest BCUT2D eigenvalue weighted by Crippen LogP contribution is -2.52. The number of carbonyl (C=O) groups excluding carboxylic acids is 2. The average molecular weight is 540 g/mol. The first-order valence-electron chi connectivity index (χ1n) is 11.6. The number of hydrogen-bond donors (Lipinski definition) is 2. The van der Waals surface area contributed by atoms with E-state index in [0.717, 1.165) is 33.8 Å². The minimum atomic E-state index is -4.83. The minimum absolute atomic E-state index is 0.0751. The second kappa shape index (κ2) is 11.1. The van der Waals surface area contributed by atoms with Crippen molar-refractivity contribution in [1.82, 2.24) is 10.3 Å². The molecule has 0 fully saturated rings. The highest BCUT2D eigenvalue weighted by atomic mass is 32.1. The Labute approximate surface area is 221 Å². The van der Waals surface area contributed by atoms with E-state index >= 15 is 0 Å². The third-order valence-corrected chi connectivity index (χ3v) is 6.49. The topological polar surface area (TPSA) is 80.3 Å². The summed E-state index contributed by atoms with van der Waals surface area (Å²) >= 11 is 1.35. The summed E-state index contributed by atoms with van der Waals surface area (Å²) in [4.78, 5) is 31.5. The molecule has 3 aromatic carbocycles. The van der Waals surface area contributed by atoms with Crippen molar-refractivity contribution in [2.45, 2.75) is 32.2 Å². The van der Waals surface area contributed by atoms with Crippen molar-refractivity contribution < 1.29 is 27.5 Å². The second-order valence-corrected chi connectivity index (χ2v) is 10.0. The van der Waals surface area contributed by atoms with Crippen molar-refractivity contribution in [1.29, 1.82) is 0 Å². The van der Waals surface area contributed by atoms with Gasteiger partial charge < -0.3 is 10.1 Å². The third kappa shape index (κ3) is 6.98. The maximum Gasteiger partial charge on any atom is 0.573 e. The van der Waals surface area contributed by atoms with Crippen LogP contribution in [-0.2, 0) is 11.2 Å². The zero-order chi connectivity index (χ0) is 27.3. The molecular weight excluding hydrogens is 515 g/mol. The maximum absolute atomic E-state index is 13.1. The number of carbonyl (C=O) groups is 2. The molecule has 0 spiro atoms. The molecule has 0 unspecified atom stereocenters. The number of rotatable bonds is 8. The first kappa shape index (κ1) is 26.9.